The lowest BCUT2D eigenvalue weighted by molar-refractivity contribution is -0.124. The third-order valence-electron chi connectivity index (χ3n) is 5.96. The molecule has 1 atom stereocenters. The number of methoxy groups -OCH3 is 2. The molecule has 3 aromatic rings. The molecule has 0 radical (unpaired) electrons. The van der Waals surface area contributed by atoms with Gasteiger partial charge in [0.15, 0.2) is 0 Å². The van der Waals surface area contributed by atoms with Crippen LogP contribution in [0, 0.1) is 5.82 Å². The van der Waals surface area contributed by atoms with Crippen LogP contribution in [0.4, 0.5) is 20.6 Å². The molecule has 3 aromatic carbocycles. The summed E-state index contributed by atoms with van der Waals surface area (Å²) < 4.78 is 23.5. The van der Waals surface area contributed by atoms with Crippen molar-refractivity contribution < 1.29 is 28.2 Å². The number of hydrogen-bond acceptors (Lipinski definition) is 5. The van der Waals surface area contributed by atoms with Crippen molar-refractivity contribution in [3.05, 3.63) is 84.2 Å². The van der Waals surface area contributed by atoms with Crippen LogP contribution in [-0.2, 0) is 16.0 Å². The number of nitrogens with zero attached hydrogens (tertiary/aromatic N) is 2. The van der Waals surface area contributed by atoms with Crippen LogP contribution in [0.15, 0.2) is 72.8 Å². The van der Waals surface area contributed by atoms with Gasteiger partial charge in [0, 0.05) is 12.2 Å². The smallest absolute Gasteiger partial charge is 0.332 e. The van der Waals surface area contributed by atoms with Gasteiger partial charge in [-0.2, -0.15) is 0 Å². The van der Waals surface area contributed by atoms with Crippen molar-refractivity contribution in [3.8, 4) is 11.5 Å². The Morgan fingerprint density at radius 1 is 0.889 bits per heavy atom. The Balaban J connectivity index is 1.54. The largest absolute Gasteiger partial charge is 0.497 e. The van der Waals surface area contributed by atoms with E-state index in [1.165, 1.54) is 36.3 Å². The minimum Gasteiger partial charge on any atom is -0.497 e. The summed E-state index contributed by atoms with van der Waals surface area (Å²) in [6.45, 7) is 0.234. The molecule has 1 N–H and O–H groups in total. The second-order valence-electron chi connectivity index (χ2n) is 8.22. The molecule has 0 aliphatic carbocycles. The fourth-order valence-corrected chi connectivity index (χ4v) is 4.02. The molecule has 0 unspecified atom stereocenters. The summed E-state index contributed by atoms with van der Waals surface area (Å²) in [5.74, 6) is -0.0750. The highest BCUT2D eigenvalue weighted by atomic mass is 19.1. The zero-order valence-corrected chi connectivity index (χ0v) is 19.9. The van der Waals surface area contributed by atoms with Crippen molar-refractivity contribution >= 4 is 29.2 Å². The number of amides is 4. The lowest BCUT2D eigenvalue weighted by Crippen LogP contribution is -2.39. The number of nitrogens with one attached hydrogen (secondary N) is 1. The average molecular weight is 492 g/mol. The molecular formula is C27H26FN3O5. The van der Waals surface area contributed by atoms with Gasteiger partial charge in [-0.1, -0.05) is 12.1 Å². The first-order valence-electron chi connectivity index (χ1n) is 11.4. The lowest BCUT2D eigenvalue weighted by Gasteiger charge is -2.21. The van der Waals surface area contributed by atoms with Crippen molar-refractivity contribution in [1.82, 2.24) is 4.90 Å². The van der Waals surface area contributed by atoms with Crippen LogP contribution in [0.3, 0.4) is 0 Å². The number of hydrogen-bond donors (Lipinski definition) is 1. The monoisotopic (exact) mass is 491 g/mol. The van der Waals surface area contributed by atoms with Crippen molar-refractivity contribution in [1.29, 1.82) is 0 Å². The van der Waals surface area contributed by atoms with Crippen LogP contribution >= 0.6 is 0 Å². The summed E-state index contributed by atoms with van der Waals surface area (Å²) in [4.78, 5) is 42.1. The molecule has 0 aromatic heterocycles. The van der Waals surface area contributed by atoms with Crippen LogP contribution in [-0.4, -0.2) is 49.6 Å². The topological polar surface area (TPSA) is 88.2 Å². The Labute approximate surface area is 208 Å². The molecule has 8 nitrogen and oxygen atoms in total. The van der Waals surface area contributed by atoms with Crippen molar-refractivity contribution in [2.24, 2.45) is 0 Å². The second kappa shape index (κ2) is 10.9. The van der Waals surface area contributed by atoms with Crippen LogP contribution in [0.25, 0.3) is 0 Å². The number of benzene rings is 3. The molecule has 0 spiro atoms. The summed E-state index contributed by atoms with van der Waals surface area (Å²) in [6, 6.07) is 17.8. The minimum absolute atomic E-state index is 0.234. The maximum absolute atomic E-state index is 13.4. The Morgan fingerprint density at radius 3 is 2.06 bits per heavy atom. The maximum Gasteiger partial charge on any atom is 0.332 e. The van der Waals surface area contributed by atoms with Crippen LogP contribution in [0.2, 0.25) is 0 Å². The molecule has 0 saturated carbocycles. The lowest BCUT2D eigenvalue weighted by atomic mass is 10.1. The van der Waals surface area contributed by atoms with Gasteiger partial charge in [-0.15, -0.1) is 0 Å². The number of urea groups is 1. The minimum atomic E-state index is -0.988. The molecule has 4 amide bonds. The maximum atomic E-state index is 13.4. The molecule has 1 heterocycles. The Kier molecular flexibility index (Phi) is 7.48. The predicted molar refractivity (Wildman–Crippen MR) is 133 cm³/mol. The summed E-state index contributed by atoms with van der Waals surface area (Å²) in [7, 11) is 3.11. The van der Waals surface area contributed by atoms with E-state index in [2.05, 4.69) is 5.32 Å². The van der Waals surface area contributed by atoms with Gasteiger partial charge in [-0.05, 0) is 72.6 Å². The van der Waals surface area contributed by atoms with Crippen LogP contribution in [0.1, 0.15) is 12.0 Å². The van der Waals surface area contributed by atoms with Gasteiger partial charge < -0.3 is 19.7 Å². The first-order chi connectivity index (χ1) is 17.4. The first-order valence-corrected chi connectivity index (χ1v) is 11.4. The van der Waals surface area contributed by atoms with Crippen molar-refractivity contribution in [2.45, 2.75) is 18.9 Å². The molecule has 186 valence electrons. The number of carbonyl (C=O) groups excluding carboxylic acids is 3. The molecule has 4 rings (SSSR count). The quantitative estimate of drug-likeness (QED) is 0.452. The van der Waals surface area contributed by atoms with E-state index in [4.69, 9.17) is 9.47 Å². The number of halogens is 1. The molecule has 36 heavy (non-hydrogen) atoms. The molecule has 0 bridgehead atoms. The highest BCUT2D eigenvalue weighted by Gasteiger charge is 2.46. The van der Waals surface area contributed by atoms with E-state index in [1.54, 1.807) is 31.4 Å². The number of carbonyl (C=O) groups is 3. The van der Waals surface area contributed by atoms with E-state index < -0.39 is 29.7 Å². The van der Waals surface area contributed by atoms with Gasteiger partial charge in [0.2, 0.25) is 5.91 Å². The fraction of sp³-hybridized carbons (Fsp3) is 0.222. The van der Waals surface area contributed by atoms with E-state index in [-0.39, 0.29) is 13.0 Å². The molecule has 1 saturated heterocycles. The standard InChI is InChI=1S/C27H26FN3O5/c1-35-22-11-3-18(4-12-22)15-16-30-24(17-25(32)29-20-7-5-19(28)6-8-20)26(33)31(27(30)34)21-9-13-23(36-2)14-10-21/h3-14,24H,15-17H2,1-2H3,(H,29,32)/t24-/m0/s1. The number of anilines is 2. The zero-order chi connectivity index (χ0) is 25.7. The summed E-state index contributed by atoms with van der Waals surface area (Å²) in [5, 5.41) is 2.66. The molecular weight excluding hydrogens is 465 g/mol. The second-order valence-corrected chi connectivity index (χ2v) is 8.22. The molecule has 1 fully saturated rings. The van der Waals surface area contributed by atoms with E-state index in [9.17, 15) is 18.8 Å². The third kappa shape index (κ3) is 5.46. The highest BCUT2D eigenvalue weighted by molar-refractivity contribution is 6.22. The Hall–Kier alpha value is -4.40. The molecule has 9 heteroatoms. The van der Waals surface area contributed by atoms with E-state index in [0.717, 1.165) is 10.5 Å². The van der Waals surface area contributed by atoms with Crippen molar-refractivity contribution in [2.75, 3.05) is 31.0 Å². The van der Waals surface area contributed by atoms with E-state index in [0.29, 0.717) is 29.3 Å². The Morgan fingerprint density at radius 2 is 1.47 bits per heavy atom. The van der Waals surface area contributed by atoms with Gasteiger partial charge >= 0.3 is 6.03 Å². The fourth-order valence-electron chi connectivity index (χ4n) is 4.02. The Bertz CT molecular complexity index is 1230. The summed E-state index contributed by atoms with van der Waals surface area (Å²) in [5.41, 5.74) is 1.74. The summed E-state index contributed by atoms with van der Waals surface area (Å²) >= 11 is 0. The predicted octanol–water partition coefficient (Wildman–Crippen LogP) is 4.25. The number of ether oxygens (including phenoxy) is 2. The third-order valence-corrected chi connectivity index (χ3v) is 5.96. The average Bonchev–Trinajstić information content (AvgIpc) is 3.12. The van der Waals surface area contributed by atoms with Gasteiger partial charge in [-0.3, -0.25) is 9.59 Å². The summed E-state index contributed by atoms with van der Waals surface area (Å²) in [6.07, 6.45) is 0.243. The van der Waals surface area contributed by atoms with Gasteiger partial charge in [-0.25, -0.2) is 14.1 Å². The van der Waals surface area contributed by atoms with Crippen molar-refractivity contribution in [3.63, 3.8) is 0 Å². The van der Waals surface area contributed by atoms with Gasteiger partial charge in [0.25, 0.3) is 5.91 Å². The normalized spacial score (nSPS) is 15.2. The van der Waals surface area contributed by atoms with E-state index in [1.807, 2.05) is 24.3 Å². The first kappa shape index (κ1) is 24.7. The number of imide groups is 1. The molecule has 1 aliphatic heterocycles. The SMILES string of the molecule is COc1ccc(CCN2C(=O)N(c3ccc(OC)cc3)C(=O)[C@@H]2CC(=O)Nc2ccc(F)cc2)cc1. The number of rotatable bonds is 9. The van der Waals surface area contributed by atoms with E-state index >= 15 is 0 Å². The van der Waals surface area contributed by atoms with Gasteiger partial charge in [0.05, 0.1) is 26.3 Å². The zero-order valence-electron chi connectivity index (χ0n) is 19.9. The van der Waals surface area contributed by atoms with Crippen LogP contribution in [0.5, 0.6) is 11.5 Å². The highest BCUT2D eigenvalue weighted by Crippen LogP contribution is 2.29. The van der Waals surface area contributed by atoms with Crippen LogP contribution < -0.4 is 19.7 Å². The van der Waals surface area contributed by atoms with Gasteiger partial charge in [0.1, 0.15) is 23.4 Å². The molecule has 1 aliphatic rings.